The Bertz CT molecular complexity index is 440. The Hall–Kier alpha value is -1.82. The zero-order chi connectivity index (χ0) is 13.7. The molecule has 0 spiro atoms. The van der Waals surface area contributed by atoms with Gasteiger partial charge in [-0.1, -0.05) is 6.08 Å². The number of aliphatic hydroxyl groups is 1. The van der Waals surface area contributed by atoms with Crippen LogP contribution in [0, 0.1) is 17.5 Å². The molecule has 1 amide bonds. The molecule has 0 bridgehead atoms. The molecule has 6 heteroatoms. The lowest BCUT2D eigenvalue weighted by Crippen LogP contribution is -2.33. The topological polar surface area (TPSA) is 40.5 Å². The van der Waals surface area contributed by atoms with Crippen LogP contribution in [0.5, 0.6) is 0 Å². The molecule has 0 aliphatic heterocycles. The van der Waals surface area contributed by atoms with E-state index in [1.807, 2.05) is 0 Å². The second-order valence-electron chi connectivity index (χ2n) is 3.52. The van der Waals surface area contributed by atoms with Gasteiger partial charge >= 0.3 is 0 Å². The van der Waals surface area contributed by atoms with E-state index in [4.69, 9.17) is 5.11 Å². The number of nitrogens with zero attached hydrogens (tertiary/aromatic N) is 1. The molecular weight excluding hydrogens is 247 g/mol. The molecule has 0 radical (unpaired) electrons. The molecule has 18 heavy (non-hydrogen) atoms. The Labute approximate surface area is 102 Å². The lowest BCUT2D eigenvalue weighted by molar-refractivity contribution is 0.0741. The maximum absolute atomic E-state index is 13.0. The number of hydrogen-bond donors (Lipinski definition) is 1. The van der Waals surface area contributed by atoms with Gasteiger partial charge in [0, 0.05) is 18.7 Å². The standard InChI is InChI=1S/C12H12F3NO2/c1-2-3-16(4-5-17)12(18)8-6-9(13)11(15)10(14)7-8/h2,6-7,17H,1,3-5H2. The van der Waals surface area contributed by atoms with Gasteiger partial charge in [-0.2, -0.15) is 0 Å². The Morgan fingerprint density at radius 2 is 1.89 bits per heavy atom. The average molecular weight is 259 g/mol. The molecule has 0 aromatic heterocycles. The Morgan fingerprint density at radius 1 is 1.33 bits per heavy atom. The second kappa shape index (κ2) is 6.20. The molecule has 0 aliphatic carbocycles. The largest absolute Gasteiger partial charge is 0.395 e. The fourth-order valence-corrected chi connectivity index (χ4v) is 1.41. The summed E-state index contributed by atoms with van der Waals surface area (Å²) in [5.41, 5.74) is -0.318. The first-order chi connectivity index (χ1) is 8.51. The molecule has 98 valence electrons. The third-order valence-electron chi connectivity index (χ3n) is 2.24. The van der Waals surface area contributed by atoms with Crippen molar-refractivity contribution in [2.24, 2.45) is 0 Å². The predicted octanol–water partition coefficient (Wildman–Crippen LogP) is 1.72. The Balaban J connectivity index is 3.04. The molecule has 0 heterocycles. The number of carbonyl (C=O) groups excluding carboxylic acids is 1. The third-order valence-corrected chi connectivity index (χ3v) is 2.24. The number of carbonyl (C=O) groups is 1. The second-order valence-corrected chi connectivity index (χ2v) is 3.52. The molecule has 0 saturated carbocycles. The summed E-state index contributed by atoms with van der Waals surface area (Å²) in [4.78, 5) is 13.0. The first kappa shape index (κ1) is 14.2. The van der Waals surface area contributed by atoms with Crippen LogP contribution in [0.4, 0.5) is 13.2 Å². The zero-order valence-corrected chi connectivity index (χ0v) is 9.50. The SMILES string of the molecule is C=CCN(CCO)C(=O)c1cc(F)c(F)c(F)c1. The predicted molar refractivity (Wildman–Crippen MR) is 59.5 cm³/mol. The number of benzene rings is 1. The normalized spacial score (nSPS) is 10.2. The molecule has 3 nitrogen and oxygen atoms in total. The van der Waals surface area contributed by atoms with Gasteiger partial charge in [-0.3, -0.25) is 4.79 Å². The van der Waals surface area contributed by atoms with Crippen LogP contribution < -0.4 is 0 Å². The van der Waals surface area contributed by atoms with Crippen molar-refractivity contribution in [1.29, 1.82) is 0 Å². The smallest absolute Gasteiger partial charge is 0.254 e. The van der Waals surface area contributed by atoms with Crippen molar-refractivity contribution in [1.82, 2.24) is 4.90 Å². The van der Waals surface area contributed by atoms with Crippen LogP contribution in [0.25, 0.3) is 0 Å². The van der Waals surface area contributed by atoms with Crippen LogP contribution in [-0.4, -0.2) is 35.6 Å². The minimum absolute atomic E-state index is 0.00846. The number of amides is 1. The summed E-state index contributed by atoms with van der Waals surface area (Å²) in [7, 11) is 0. The van der Waals surface area contributed by atoms with Crippen LogP contribution in [-0.2, 0) is 0 Å². The number of hydrogen-bond acceptors (Lipinski definition) is 2. The van der Waals surface area contributed by atoms with E-state index in [2.05, 4.69) is 6.58 Å². The van der Waals surface area contributed by atoms with Gasteiger partial charge in [0.15, 0.2) is 17.5 Å². The van der Waals surface area contributed by atoms with Gasteiger partial charge in [-0.15, -0.1) is 6.58 Å². The van der Waals surface area contributed by atoms with Gasteiger partial charge in [0.1, 0.15) is 0 Å². The van der Waals surface area contributed by atoms with Crippen LogP contribution in [0.1, 0.15) is 10.4 Å². The van der Waals surface area contributed by atoms with Gasteiger partial charge < -0.3 is 10.0 Å². The first-order valence-electron chi connectivity index (χ1n) is 5.16. The zero-order valence-electron chi connectivity index (χ0n) is 9.50. The maximum atomic E-state index is 13.0. The Morgan fingerprint density at radius 3 is 2.33 bits per heavy atom. The molecule has 0 saturated heterocycles. The highest BCUT2D eigenvalue weighted by Gasteiger charge is 2.19. The number of rotatable bonds is 5. The number of halogens is 3. The van der Waals surface area contributed by atoms with Gasteiger partial charge in [0.25, 0.3) is 5.91 Å². The van der Waals surface area contributed by atoms with Crippen molar-refractivity contribution in [2.45, 2.75) is 0 Å². The van der Waals surface area contributed by atoms with Gasteiger partial charge in [0.2, 0.25) is 0 Å². The first-order valence-corrected chi connectivity index (χ1v) is 5.16. The molecule has 0 unspecified atom stereocenters. The molecule has 1 N–H and O–H groups in total. The fourth-order valence-electron chi connectivity index (χ4n) is 1.41. The lowest BCUT2D eigenvalue weighted by atomic mass is 10.1. The van der Waals surface area contributed by atoms with Gasteiger partial charge in [0.05, 0.1) is 6.61 Å². The van der Waals surface area contributed by atoms with Crippen molar-refractivity contribution in [2.75, 3.05) is 19.7 Å². The van der Waals surface area contributed by atoms with E-state index in [-0.39, 0.29) is 25.3 Å². The third kappa shape index (κ3) is 3.10. The highest BCUT2D eigenvalue weighted by molar-refractivity contribution is 5.94. The monoisotopic (exact) mass is 259 g/mol. The van der Waals surface area contributed by atoms with Crippen molar-refractivity contribution < 1.29 is 23.1 Å². The summed E-state index contributed by atoms with van der Waals surface area (Å²) in [6, 6.07) is 1.24. The van der Waals surface area contributed by atoms with E-state index < -0.39 is 23.4 Å². The molecular formula is C12H12F3NO2. The quantitative estimate of drug-likeness (QED) is 0.646. The van der Waals surface area contributed by atoms with E-state index in [0.717, 1.165) is 4.90 Å². The van der Waals surface area contributed by atoms with Crippen LogP contribution in [0.15, 0.2) is 24.8 Å². The Kier molecular flexibility index (Phi) is 4.91. The summed E-state index contributed by atoms with van der Waals surface area (Å²) in [5.74, 6) is -5.19. The van der Waals surface area contributed by atoms with Crippen LogP contribution in [0.3, 0.4) is 0 Å². The molecule has 1 aromatic rings. The van der Waals surface area contributed by atoms with E-state index in [9.17, 15) is 18.0 Å². The lowest BCUT2D eigenvalue weighted by Gasteiger charge is -2.20. The minimum Gasteiger partial charge on any atom is -0.395 e. The van der Waals surface area contributed by atoms with Crippen molar-refractivity contribution in [3.05, 3.63) is 47.8 Å². The van der Waals surface area contributed by atoms with Crippen LogP contribution in [0.2, 0.25) is 0 Å². The highest BCUT2D eigenvalue weighted by atomic mass is 19.2. The average Bonchev–Trinajstić information content (AvgIpc) is 2.34. The summed E-state index contributed by atoms with van der Waals surface area (Å²) in [6.45, 7) is 3.23. The maximum Gasteiger partial charge on any atom is 0.254 e. The molecule has 1 aromatic carbocycles. The van der Waals surface area contributed by atoms with E-state index >= 15 is 0 Å². The van der Waals surface area contributed by atoms with Gasteiger partial charge in [-0.25, -0.2) is 13.2 Å². The molecule has 0 fully saturated rings. The van der Waals surface area contributed by atoms with Gasteiger partial charge in [-0.05, 0) is 12.1 Å². The number of aliphatic hydroxyl groups excluding tert-OH is 1. The summed E-state index contributed by atoms with van der Waals surface area (Å²) < 4.78 is 38.7. The highest BCUT2D eigenvalue weighted by Crippen LogP contribution is 2.15. The molecule has 0 aliphatic rings. The summed E-state index contributed by atoms with van der Waals surface area (Å²) >= 11 is 0. The van der Waals surface area contributed by atoms with E-state index in [0.29, 0.717) is 12.1 Å². The van der Waals surface area contributed by atoms with E-state index in [1.54, 1.807) is 0 Å². The van der Waals surface area contributed by atoms with Crippen LogP contribution >= 0.6 is 0 Å². The van der Waals surface area contributed by atoms with Crippen molar-refractivity contribution in [3.8, 4) is 0 Å². The van der Waals surface area contributed by atoms with Crippen molar-refractivity contribution in [3.63, 3.8) is 0 Å². The van der Waals surface area contributed by atoms with E-state index in [1.165, 1.54) is 6.08 Å². The molecule has 1 rings (SSSR count). The summed E-state index contributed by atoms with van der Waals surface area (Å²) in [5, 5.41) is 8.78. The van der Waals surface area contributed by atoms with Crippen molar-refractivity contribution >= 4 is 5.91 Å². The molecule has 0 atom stereocenters. The summed E-state index contributed by atoms with van der Waals surface area (Å²) in [6.07, 6.45) is 1.41. The minimum atomic E-state index is -1.62. The fraction of sp³-hybridized carbons (Fsp3) is 0.250.